The molecule has 0 saturated carbocycles. The number of ether oxygens (including phenoxy) is 3. The molecule has 1 aliphatic rings. The molecule has 0 saturated heterocycles. The molecule has 2 aromatic carbocycles. The Morgan fingerprint density at radius 2 is 2.05 bits per heavy atom. The molecule has 0 unspecified atom stereocenters. The number of carbonyl (C=O) groups excluding carboxylic acids is 1. The molecule has 0 spiro atoms. The van der Waals surface area contributed by atoms with E-state index in [9.17, 15) is 9.18 Å². The van der Waals surface area contributed by atoms with Crippen LogP contribution in [0, 0.1) is 5.82 Å². The number of anilines is 1. The highest BCUT2D eigenvalue weighted by Crippen LogP contribution is 2.34. The summed E-state index contributed by atoms with van der Waals surface area (Å²) in [4.78, 5) is 12.4. The molecule has 3 rings (SSSR count). The maximum Gasteiger partial charge on any atom is 0.259 e. The van der Waals surface area contributed by atoms with E-state index in [1.165, 1.54) is 25.3 Å². The number of amides is 1. The predicted molar refractivity (Wildman–Crippen MR) is 78.3 cm³/mol. The molecule has 1 aliphatic heterocycles. The summed E-state index contributed by atoms with van der Waals surface area (Å²) in [7, 11) is 1.36. The second-order valence-electron chi connectivity index (χ2n) is 4.63. The van der Waals surface area contributed by atoms with Gasteiger partial charge >= 0.3 is 0 Å². The Morgan fingerprint density at radius 3 is 2.86 bits per heavy atom. The van der Waals surface area contributed by atoms with E-state index in [2.05, 4.69) is 5.32 Å². The van der Waals surface area contributed by atoms with Gasteiger partial charge in [-0.25, -0.2) is 4.39 Å². The molecule has 22 heavy (non-hydrogen) atoms. The predicted octanol–water partition coefficient (Wildman–Crippen LogP) is 2.86. The first-order valence-electron chi connectivity index (χ1n) is 6.72. The Kier molecular flexibility index (Phi) is 3.82. The highest BCUT2D eigenvalue weighted by molar-refractivity contribution is 6.06. The zero-order valence-electron chi connectivity index (χ0n) is 11.9. The van der Waals surface area contributed by atoms with Gasteiger partial charge in [0.25, 0.3) is 5.91 Å². The first-order valence-corrected chi connectivity index (χ1v) is 6.72. The summed E-state index contributed by atoms with van der Waals surface area (Å²) in [6, 6.07) is 9.21. The molecule has 0 atom stereocenters. The van der Waals surface area contributed by atoms with Crippen LogP contribution in [0.2, 0.25) is 0 Å². The molecule has 0 fully saturated rings. The van der Waals surface area contributed by atoms with Gasteiger partial charge in [-0.15, -0.1) is 0 Å². The number of para-hydroxylation sites is 1. The maximum absolute atomic E-state index is 13.4. The number of fused-ring (bicyclic) bond motifs is 1. The lowest BCUT2D eigenvalue weighted by Gasteiger charge is -2.20. The number of hydrogen-bond donors (Lipinski definition) is 1. The summed E-state index contributed by atoms with van der Waals surface area (Å²) in [6.45, 7) is 0.842. The second kappa shape index (κ2) is 5.93. The Balaban J connectivity index is 1.86. The van der Waals surface area contributed by atoms with E-state index in [4.69, 9.17) is 14.2 Å². The van der Waals surface area contributed by atoms with Crippen molar-refractivity contribution in [3.8, 4) is 17.2 Å². The van der Waals surface area contributed by atoms with Crippen molar-refractivity contribution in [3.05, 3.63) is 47.8 Å². The van der Waals surface area contributed by atoms with Gasteiger partial charge < -0.3 is 19.5 Å². The van der Waals surface area contributed by atoms with Crippen LogP contribution in [0.5, 0.6) is 17.2 Å². The van der Waals surface area contributed by atoms with Crippen molar-refractivity contribution >= 4 is 11.6 Å². The van der Waals surface area contributed by atoms with Crippen molar-refractivity contribution in [2.75, 3.05) is 25.6 Å². The number of hydrogen-bond acceptors (Lipinski definition) is 4. The van der Waals surface area contributed by atoms with Gasteiger partial charge in [0.2, 0.25) is 0 Å². The molecule has 5 nitrogen and oxygen atoms in total. The summed E-state index contributed by atoms with van der Waals surface area (Å²) < 4.78 is 29.2. The fraction of sp³-hybridized carbons (Fsp3) is 0.188. The largest absolute Gasteiger partial charge is 0.494 e. The van der Waals surface area contributed by atoms with Gasteiger partial charge in [-0.1, -0.05) is 6.07 Å². The van der Waals surface area contributed by atoms with E-state index < -0.39 is 5.82 Å². The molecule has 0 aliphatic carbocycles. The van der Waals surface area contributed by atoms with Crippen molar-refractivity contribution in [1.82, 2.24) is 0 Å². The standard InChI is InChI=1S/C16H14FNO4/c1-20-14-9-10(5-6-12(14)17)18-16(19)11-3-2-4-13-15(11)22-8-7-21-13/h2-6,9H,7-8H2,1H3,(H,18,19). The van der Waals surface area contributed by atoms with Crippen molar-refractivity contribution in [2.45, 2.75) is 0 Å². The van der Waals surface area contributed by atoms with Crippen molar-refractivity contribution in [2.24, 2.45) is 0 Å². The summed E-state index contributed by atoms with van der Waals surface area (Å²) in [6.07, 6.45) is 0. The number of halogens is 1. The molecule has 0 bridgehead atoms. The minimum Gasteiger partial charge on any atom is -0.494 e. The van der Waals surface area contributed by atoms with Gasteiger partial charge in [0.1, 0.15) is 13.2 Å². The molecule has 6 heteroatoms. The Morgan fingerprint density at radius 1 is 1.23 bits per heavy atom. The van der Waals surface area contributed by atoms with Crippen LogP contribution in [0.4, 0.5) is 10.1 Å². The zero-order valence-corrected chi connectivity index (χ0v) is 11.9. The van der Waals surface area contributed by atoms with Crippen molar-refractivity contribution < 1.29 is 23.4 Å². The molecule has 1 heterocycles. The topological polar surface area (TPSA) is 56.8 Å². The van der Waals surface area contributed by atoms with Gasteiger partial charge in [0.05, 0.1) is 12.7 Å². The van der Waals surface area contributed by atoms with Crippen LogP contribution in [-0.2, 0) is 0 Å². The smallest absolute Gasteiger partial charge is 0.259 e. The van der Waals surface area contributed by atoms with E-state index in [-0.39, 0.29) is 11.7 Å². The molecule has 1 N–H and O–H groups in total. The van der Waals surface area contributed by atoms with E-state index in [0.717, 1.165) is 0 Å². The highest BCUT2D eigenvalue weighted by Gasteiger charge is 2.20. The molecular formula is C16H14FNO4. The second-order valence-corrected chi connectivity index (χ2v) is 4.63. The van der Waals surface area contributed by atoms with Gasteiger partial charge in [0, 0.05) is 11.8 Å². The summed E-state index contributed by atoms with van der Waals surface area (Å²) in [5.41, 5.74) is 0.790. The summed E-state index contributed by atoms with van der Waals surface area (Å²) in [5.74, 6) is 0.161. The molecule has 1 amide bonds. The number of benzene rings is 2. The van der Waals surface area contributed by atoms with Gasteiger partial charge in [-0.05, 0) is 24.3 Å². The number of rotatable bonds is 3. The van der Waals surface area contributed by atoms with Crippen molar-refractivity contribution in [3.63, 3.8) is 0 Å². The third-order valence-electron chi connectivity index (χ3n) is 3.22. The normalized spacial score (nSPS) is 12.6. The lowest BCUT2D eigenvalue weighted by atomic mass is 10.1. The van der Waals surface area contributed by atoms with Crippen LogP contribution in [0.1, 0.15) is 10.4 Å². The fourth-order valence-corrected chi connectivity index (χ4v) is 2.19. The monoisotopic (exact) mass is 303 g/mol. The third kappa shape index (κ3) is 2.67. The summed E-state index contributed by atoms with van der Waals surface area (Å²) in [5, 5.41) is 2.69. The Labute approximate surface area is 126 Å². The van der Waals surface area contributed by atoms with E-state index in [0.29, 0.717) is 36.0 Å². The number of carbonyl (C=O) groups is 1. The van der Waals surface area contributed by atoms with Gasteiger partial charge in [-0.2, -0.15) is 0 Å². The average molecular weight is 303 g/mol. The van der Waals surface area contributed by atoms with Crippen LogP contribution in [0.25, 0.3) is 0 Å². The van der Waals surface area contributed by atoms with Gasteiger partial charge in [0.15, 0.2) is 23.1 Å². The molecule has 2 aromatic rings. The van der Waals surface area contributed by atoms with Crippen LogP contribution in [-0.4, -0.2) is 26.2 Å². The Bertz CT molecular complexity index is 717. The summed E-state index contributed by atoms with van der Waals surface area (Å²) >= 11 is 0. The molecule has 0 aromatic heterocycles. The SMILES string of the molecule is COc1cc(NC(=O)c2cccc3c2OCCO3)ccc1F. The molecule has 0 radical (unpaired) electrons. The lowest BCUT2D eigenvalue weighted by molar-refractivity contribution is 0.101. The van der Waals surface area contributed by atoms with E-state index in [1.54, 1.807) is 18.2 Å². The third-order valence-corrected chi connectivity index (χ3v) is 3.22. The molecular weight excluding hydrogens is 289 g/mol. The first-order chi connectivity index (χ1) is 10.7. The lowest BCUT2D eigenvalue weighted by Crippen LogP contribution is -2.20. The Hall–Kier alpha value is -2.76. The van der Waals surface area contributed by atoms with Crippen LogP contribution >= 0.6 is 0 Å². The highest BCUT2D eigenvalue weighted by atomic mass is 19.1. The fourth-order valence-electron chi connectivity index (χ4n) is 2.19. The molecule has 114 valence electrons. The van der Waals surface area contributed by atoms with E-state index >= 15 is 0 Å². The van der Waals surface area contributed by atoms with E-state index in [1.807, 2.05) is 0 Å². The quantitative estimate of drug-likeness (QED) is 0.947. The average Bonchev–Trinajstić information content (AvgIpc) is 2.56. The van der Waals surface area contributed by atoms with Crippen LogP contribution in [0.15, 0.2) is 36.4 Å². The number of methoxy groups -OCH3 is 1. The first kappa shape index (κ1) is 14.2. The number of nitrogens with one attached hydrogen (secondary N) is 1. The van der Waals surface area contributed by atoms with Crippen LogP contribution < -0.4 is 19.5 Å². The minimum atomic E-state index is -0.491. The maximum atomic E-state index is 13.4. The minimum absolute atomic E-state index is 0.0625. The zero-order chi connectivity index (χ0) is 15.5. The van der Waals surface area contributed by atoms with Gasteiger partial charge in [-0.3, -0.25) is 4.79 Å². The van der Waals surface area contributed by atoms with Crippen LogP contribution in [0.3, 0.4) is 0 Å². The van der Waals surface area contributed by atoms with Crippen molar-refractivity contribution in [1.29, 1.82) is 0 Å².